The van der Waals surface area contributed by atoms with Gasteiger partial charge in [-0.1, -0.05) is 0 Å². The zero-order valence-corrected chi connectivity index (χ0v) is 10.2. The maximum Gasteiger partial charge on any atom is 0.339 e. The lowest BCUT2D eigenvalue weighted by molar-refractivity contribution is -0.284. The number of carbonyl (C=O) groups excluding carboxylic acids is 4. The number of hydrogen-bond acceptors (Lipinski definition) is 10. The van der Waals surface area contributed by atoms with E-state index in [2.05, 4.69) is 18.9 Å². The smallest absolute Gasteiger partial charge is 0.339 e. The molecule has 0 aromatic heterocycles. The van der Waals surface area contributed by atoms with Crippen molar-refractivity contribution < 1.29 is 48.0 Å². The SMILES string of the molecule is COC(=O)[C@H]1OC(O)[C@H](OC=O)[C@@H](OC=O)[C@@H]1OC=O. The first-order valence-corrected chi connectivity index (χ1v) is 5.29. The molecule has 0 radical (unpaired) electrons. The van der Waals surface area contributed by atoms with E-state index in [1.54, 1.807) is 0 Å². The van der Waals surface area contributed by atoms with Crippen LogP contribution in [0.15, 0.2) is 0 Å². The minimum absolute atomic E-state index is 0.0131. The van der Waals surface area contributed by atoms with Gasteiger partial charge in [0.25, 0.3) is 19.4 Å². The van der Waals surface area contributed by atoms with Gasteiger partial charge in [0.15, 0.2) is 30.7 Å². The highest BCUT2D eigenvalue weighted by atomic mass is 16.7. The maximum absolute atomic E-state index is 11.5. The van der Waals surface area contributed by atoms with Crippen LogP contribution >= 0.6 is 0 Å². The van der Waals surface area contributed by atoms with Crippen molar-refractivity contribution in [1.82, 2.24) is 0 Å². The van der Waals surface area contributed by atoms with Gasteiger partial charge in [0.1, 0.15) is 0 Å². The fourth-order valence-corrected chi connectivity index (χ4v) is 1.77. The fraction of sp³-hybridized carbons (Fsp3) is 0.600. The number of aliphatic hydroxyl groups excluding tert-OH is 1. The van der Waals surface area contributed by atoms with Crippen LogP contribution in [0.1, 0.15) is 0 Å². The van der Waals surface area contributed by atoms with Crippen LogP contribution in [0, 0.1) is 0 Å². The van der Waals surface area contributed by atoms with Gasteiger partial charge >= 0.3 is 5.97 Å². The van der Waals surface area contributed by atoms with Crippen LogP contribution < -0.4 is 0 Å². The second-order valence-corrected chi connectivity index (χ2v) is 3.56. The second kappa shape index (κ2) is 7.40. The summed E-state index contributed by atoms with van der Waals surface area (Å²) >= 11 is 0. The van der Waals surface area contributed by atoms with E-state index in [0.717, 1.165) is 7.11 Å². The molecule has 1 aliphatic heterocycles. The van der Waals surface area contributed by atoms with E-state index in [1.807, 2.05) is 0 Å². The molecule has 10 heteroatoms. The normalized spacial score (nSPS) is 32.6. The molecule has 1 aliphatic rings. The summed E-state index contributed by atoms with van der Waals surface area (Å²) in [5, 5.41) is 9.64. The predicted octanol–water partition coefficient (Wildman–Crippen LogP) is -2.50. The Morgan fingerprint density at radius 1 is 1.00 bits per heavy atom. The van der Waals surface area contributed by atoms with E-state index in [9.17, 15) is 24.3 Å². The molecule has 10 nitrogen and oxygen atoms in total. The Labute approximate surface area is 112 Å². The summed E-state index contributed by atoms with van der Waals surface area (Å²) < 4.78 is 23.0. The minimum atomic E-state index is -1.78. The Kier molecular flexibility index (Phi) is 5.87. The average Bonchev–Trinajstić information content (AvgIpc) is 2.44. The van der Waals surface area contributed by atoms with Crippen molar-refractivity contribution in [2.75, 3.05) is 7.11 Å². The van der Waals surface area contributed by atoms with Gasteiger partial charge in [-0.05, 0) is 0 Å². The van der Waals surface area contributed by atoms with Crippen molar-refractivity contribution in [3.05, 3.63) is 0 Å². The number of carbonyl (C=O) groups is 4. The van der Waals surface area contributed by atoms with Crippen molar-refractivity contribution >= 4 is 25.4 Å². The van der Waals surface area contributed by atoms with Crippen molar-refractivity contribution in [3.8, 4) is 0 Å². The van der Waals surface area contributed by atoms with Crippen LogP contribution in [-0.2, 0) is 42.9 Å². The number of methoxy groups -OCH3 is 1. The Morgan fingerprint density at radius 2 is 1.50 bits per heavy atom. The lowest BCUT2D eigenvalue weighted by atomic mass is 9.98. The summed E-state index contributed by atoms with van der Waals surface area (Å²) in [6.45, 7) is -0.0466. The standard InChI is InChI=1S/C10H12O10/c1-16-9(14)8-6(18-3-12)5(17-2-11)7(19-4-13)10(15)20-8/h2-8,10,15H,1H3/t5-,6-,7+,8-,10?/m0/s1. The summed E-state index contributed by atoms with van der Waals surface area (Å²) in [7, 11) is 1.04. The van der Waals surface area contributed by atoms with Gasteiger partial charge < -0.3 is 28.8 Å². The summed E-state index contributed by atoms with van der Waals surface area (Å²) in [6, 6.07) is 0. The highest BCUT2D eigenvalue weighted by Gasteiger charge is 2.53. The number of esters is 1. The van der Waals surface area contributed by atoms with Crippen molar-refractivity contribution in [3.63, 3.8) is 0 Å². The molecular formula is C10H12O10. The second-order valence-electron chi connectivity index (χ2n) is 3.56. The third-order valence-electron chi connectivity index (χ3n) is 2.58. The molecule has 0 saturated carbocycles. The zero-order valence-electron chi connectivity index (χ0n) is 10.2. The van der Waals surface area contributed by atoms with E-state index in [0.29, 0.717) is 0 Å². The van der Waals surface area contributed by atoms with E-state index >= 15 is 0 Å². The minimum Gasteiger partial charge on any atom is -0.467 e. The van der Waals surface area contributed by atoms with Crippen LogP contribution in [0.5, 0.6) is 0 Å². The maximum atomic E-state index is 11.5. The van der Waals surface area contributed by atoms with Gasteiger partial charge in [0.05, 0.1) is 7.11 Å². The third-order valence-corrected chi connectivity index (χ3v) is 2.58. The Bertz CT molecular complexity index is 369. The van der Waals surface area contributed by atoms with Gasteiger partial charge in [-0.15, -0.1) is 0 Å². The molecule has 1 rings (SSSR count). The van der Waals surface area contributed by atoms with Gasteiger partial charge in [-0.2, -0.15) is 0 Å². The molecule has 1 saturated heterocycles. The lowest BCUT2D eigenvalue weighted by Crippen LogP contribution is -2.62. The van der Waals surface area contributed by atoms with E-state index in [1.165, 1.54) is 0 Å². The van der Waals surface area contributed by atoms with Gasteiger partial charge in [0.2, 0.25) is 0 Å². The molecule has 112 valence electrons. The highest BCUT2D eigenvalue weighted by molar-refractivity contribution is 5.76. The van der Waals surface area contributed by atoms with Crippen molar-refractivity contribution in [2.45, 2.75) is 30.7 Å². The average molecular weight is 292 g/mol. The molecule has 1 unspecified atom stereocenters. The van der Waals surface area contributed by atoms with Crippen LogP contribution in [0.2, 0.25) is 0 Å². The van der Waals surface area contributed by atoms with E-state index < -0.39 is 36.7 Å². The first-order chi connectivity index (χ1) is 9.60. The molecule has 1 N–H and O–H groups in total. The highest BCUT2D eigenvalue weighted by Crippen LogP contribution is 2.26. The molecule has 1 heterocycles. The Hall–Kier alpha value is -2.20. The summed E-state index contributed by atoms with van der Waals surface area (Å²) in [5.41, 5.74) is 0. The summed E-state index contributed by atoms with van der Waals surface area (Å²) in [5.74, 6) is -0.972. The van der Waals surface area contributed by atoms with Gasteiger partial charge in [-0.25, -0.2) is 4.79 Å². The zero-order chi connectivity index (χ0) is 15.1. The fourth-order valence-electron chi connectivity index (χ4n) is 1.77. The van der Waals surface area contributed by atoms with Crippen LogP contribution in [0.25, 0.3) is 0 Å². The molecular weight excluding hydrogens is 280 g/mol. The Morgan fingerprint density at radius 3 is 2.00 bits per heavy atom. The Balaban J connectivity index is 3.07. The quantitative estimate of drug-likeness (QED) is 0.305. The number of aliphatic hydroxyl groups is 1. The first kappa shape index (κ1) is 15.9. The largest absolute Gasteiger partial charge is 0.467 e. The monoisotopic (exact) mass is 292 g/mol. The van der Waals surface area contributed by atoms with Crippen LogP contribution in [-0.4, -0.2) is 68.3 Å². The summed E-state index contributed by atoms with van der Waals surface area (Å²) in [4.78, 5) is 42.8. The molecule has 0 aromatic rings. The molecule has 0 spiro atoms. The van der Waals surface area contributed by atoms with Crippen molar-refractivity contribution in [2.24, 2.45) is 0 Å². The predicted molar refractivity (Wildman–Crippen MR) is 55.7 cm³/mol. The van der Waals surface area contributed by atoms with Crippen molar-refractivity contribution in [1.29, 1.82) is 0 Å². The van der Waals surface area contributed by atoms with Crippen LogP contribution in [0.3, 0.4) is 0 Å². The molecule has 0 aromatic carbocycles. The van der Waals surface area contributed by atoms with E-state index in [4.69, 9.17) is 4.74 Å². The molecule has 0 bridgehead atoms. The van der Waals surface area contributed by atoms with Gasteiger partial charge in [0, 0.05) is 0 Å². The number of hydrogen-bond donors (Lipinski definition) is 1. The number of ether oxygens (including phenoxy) is 5. The molecule has 1 fully saturated rings. The van der Waals surface area contributed by atoms with Gasteiger partial charge in [-0.3, -0.25) is 14.4 Å². The third kappa shape index (κ3) is 3.22. The number of rotatable bonds is 7. The van der Waals surface area contributed by atoms with E-state index in [-0.39, 0.29) is 19.4 Å². The first-order valence-electron chi connectivity index (χ1n) is 5.29. The molecule has 0 aliphatic carbocycles. The lowest BCUT2D eigenvalue weighted by Gasteiger charge is -2.40. The summed E-state index contributed by atoms with van der Waals surface area (Å²) in [6.07, 6.45) is -7.67. The molecule has 5 atom stereocenters. The topological polar surface area (TPSA) is 135 Å². The van der Waals surface area contributed by atoms with Crippen LogP contribution in [0.4, 0.5) is 0 Å². The molecule has 20 heavy (non-hydrogen) atoms. The molecule has 0 amide bonds.